The van der Waals surface area contributed by atoms with E-state index in [2.05, 4.69) is 19.9 Å². The Hall–Kier alpha value is -1.83. The summed E-state index contributed by atoms with van der Waals surface area (Å²) in [6.45, 7) is 0. The van der Waals surface area contributed by atoms with Gasteiger partial charge in [-0.3, -0.25) is 9.82 Å². The SMILES string of the molecule is Cn1cnc(S(=O)(=O)Nc2ccn[nH]2)c1. The van der Waals surface area contributed by atoms with Crippen LogP contribution in [0, 0.1) is 0 Å². The third-order valence-corrected chi connectivity index (χ3v) is 2.95. The number of H-pyrrole nitrogens is 1. The molecule has 0 aliphatic carbocycles. The van der Waals surface area contributed by atoms with Gasteiger partial charge >= 0.3 is 0 Å². The van der Waals surface area contributed by atoms with Gasteiger partial charge in [0, 0.05) is 19.3 Å². The predicted octanol–water partition coefficient (Wildman–Crippen LogP) is -0.0560. The van der Waals surface area contributed by atoms with E-state index in [1.54, 1.807) is 11.6 Å². The van der Waals surface area contributed by atoms with Crippen LogP contribution in [0.5, 0.6) is 0 Å². The lowest BCUT2D eigenvalue weighted by Crippen LogP contribution is -2.13. The summed E-state index contributed by atoms with van der Waals surface area (Å²) in [7, 11) is -1.92. The first-order valence-corrected chi connectivity index (χ1v) is 5.56. The predicted molar refractivity (Wildman–Crippen MR) is 52.6 cm³/mol. The Balaban J connectivity index is 2.28. The van der Waals surface area contributed by atoms with E-state index in [4.69, 9.17) is 0 Å². The average Bonchev–Trinajstić information content (AvgIpc) is 2.75. The molecule has 2 N–H and O–H groups in total. The molecule has 2 rings (SSSR count). The van der Waals surface area contributed by atoms with Gasteiger partial charge in [-0.2, -0.15) is 13.5 Å². The van der Waals surface area contributed by atoms with Crippen molar-refractivity contribution in [1.82, 2.24) is 19.7 Å². The molecule has 0 aliphatic heterocycles. The minimum atomic E-state index is -3.62. The molecule has 0 saturated carbocycles. The van der Waals surface area contributed by atoms with Gasteiger partial charge in [-0.1, -0.05) is 0 Å². The molecule has 15 heavy (non-hydrogen) atoms. The normalized spacial score (nSPS) is 11.5. The maximum Gasteiger partial charge on any atom is 0.282 e. The van der Waals surface area contributed by atoms with Crippen molar-refractivity contribution >= 4 is 15.8 Å². The molecular formula is C7H9N5O2S. The fourth-order valence-electron chi connectivity index (χ4n) is 1.04. The number of rotatable bonds is 3. The smallest absolute Gasteiger partial charge is 0.282 e. The van der Waals surface area contributed by atoms with Gasteiger partial charge in [-0.05, 0) is 0 Å². The van der Waals surface area contributed by atoms with Crippen LogP contribution in [0.1, 0.15) is 0 Å². The van der Waals surface area contributed by atoms with Gasteiger partial charge in [0.15, 0.2) is 5.03 Å². The molecule has 0 atom stereocenters. The van der Waals surface area contributed by atoms with Gasteiger partial charge in [-0.25, -0.2) is 4.98 Å². The summed E-state index contributed by atoms with van der Waals surface area (Å²) in [6.07, 6.45) is 4.29. The van der Waals surface area contributed by atoms with Crippen molar-refractivity contribution in [1.29, 1.82) is 0 Å². The number of imidazole rings is 1. The molecule has 0 amide bonds. The Kier molecular flexibility index (Phi) is 2.19. The van der Waals surface area contributed by atoms with Crippen LogP contribution in [0.4, 0.5) is 5.82 Å². The van der Waals surface area contributed by atoms with E-state index in [1.165, 1.54) is 24.8 Å². The molecule has 0 aromatic carbocycles. The summed E-state index contributed by atoms with van der Waals surface area (Å²) in [5, 5.41) is 6.09. The summed E-state index contributed by atoms with van der Waals surface area (Å²) >= 11 is 0. The minimum absolute atomic E-state index is 0.0281. The van der Waals surface area contributed by atoms with E-state index in [0.717, 1.165) is 0 Å². The maximum atomic E-state index is 11.7. The standard InChI is InChI=1S/C7H9N5O2S/c1-12-4-7(8-5-12)15(13,14)11-6-2-3-9-10-6/h2-5H,1H3,(H2,9,10,11). The van der Waals surface area contributed by atoms with Crippen LogP contribution < -0.4 is 4.72 Å². The second kappa shape index (κ2) is 3.39. The molecule has 0 bridgehead atoms. The van der Waals surface area contributed by atoms with Crippen LogP contribution >= 0.6 is 0 Å². The highest BCUT2D eigenvalue weighted by molar-refractivity contribution is 7.92. The molecule has 8 heteroatoms. The second-order valence-electron chi connectivity index (χ2n) is 2.95. The quantitative estimate of drug-likeness (QED) is 0.768. The molecule has 2 heterocycles. The molecule has 0 spiro atoms. The van der Waals surface area contributed by atoms with Crippen molar-refractivity contribution in [2.24, 2.45) is 7.05 Å². The zero-order valence-electron chi connectivity index (χ0n) is 7.88. The van der Waals surface area contributed by atoms with E-state index >= 15 is 0 Å². The van der Waals surface area contributed by atoms with E-state index in [-0.39, 0.29) is 5.03 Å². The highest BCUT2D eigenvalue weighted by Crippen LogP contribution is 2.10. The Bertz CT molecular complexity index is 542. The van der Waals surface area contributed by atoms with Gasteiger partial charge in [0.2, 0.25) is 0 Å². The number of nitrogens with one attached hydrogen (secondary N) is 2. The zero-order chi connectivity index (χ0) is 10.9. The Labute approximate surface area is 86.2 Å². The Morgan fingerprint density at radius 3 is 2.87 bits per heavy atom. The molecule has 0 saturated heterocycles. The largest absolute Gasteiger partial charge is 0.339 e. The second-order valence-corrected chi connectivity index (χ2v) is 4.58. The average molecular weight is 227 g/mol. The summed E-state index contributed by atoms with van der Waals surface area (Å²) in [5.74, 6) is 0.306. The topological polar surface area (TPSA) is 92.7 Å². The van der Waals surface area contributed by atoms with Gasteiger partial charge in [-0.15, -0.1) is 0 Å². The fraction of sp³-hybridized carbons (Fsp3) is 0.143. The number of aromatic amines is 1. The molecular weight excluding hydrogens is 218 g/mol. The number of aryl methyl sites for hydroxylation is 1. The molecule has 2 aromatic rings. The molecule has 0 aliphatic rings. The Morgan fingerprint density at radius 2 is 2.33 bits per heavy atom. The number of aromatic nitrogens is 4. The lowest BCUT2D eigenvalue weighted by atomic mass is 10.7. The molecule has 0 radical (unpaired) electrons. The van der Waals surface area contributed by atoms with Crippen LogP contribution in [0.25, 0.3) is 0 Å². The molecule has 0 unspecified atom stereocenters. The zero-order valence-corrected chi connectivity index (χ0v) is 8.69. The van der Waals surface area contributed by atoms with Crippen molar-refractivity contribution in [3.63, 3.8) is 0 Å². The van der Waals surface area contributed by atoms with Gasteiger partial charge in [0.1, 0.15) is 5.82 Å². The molecule has 7 nitrogen and oxygen atoms in total. The lowest BCUT2D eigenvalue weighted by molar-refractivity contribution is 0.598. The summed E-state index contributed by atoms with van der Waals surface area (Å²) in [4.78, 5) is 3.75. The highest BCUT2D eigenvalue weighted by Gasteiger charge is 2.17. The third kappa shape index (κ3) is 1.99. The molecule has 80 valence electrons. The highest BCUT2D eigenvalue weighted by atomic mass is 32.2. The number of nitrogens with zero attached hydrogens (tertiary/aromatic N) is 3. The number of sulfonamides is 1. The summed E-state index contributed by atoms with van der Waals surface area (Å²) in [6, 6.07) is 1.51. The first-order valence-electron chi connectivity index (χ1n) is 4.08. The maximum absolute atomic E-state index is 11.7. The first-order chi connectivity index (χ1) is 7.08. The number of hydrogen-bond acceptors (Lipinski definition) is 4. The van der Waals surface area contributed by atoms with Crippen LogP contribution in [0.15, 0.2) is 29.8 Å². The van der Waals surface area contributed by atoms with Crippen molar-refractivity contribution in [2.75, 3.05) is 4.72 Å². The van der Waals surface area contributed by atoms with E-state index in [0.29, 0.717) is 5.82 Å². The van der Waals surface area contributed by atoms with Crippen molar-refractivity contribution in [3.05, 3.63) is 24.8 Å². The number of anilines is 1. The van der Waals surface area contributed by atoms with Gasteiger partial charge in [0.25, 0.3) is 10.0 Å². The summed E-state index contributed by atoms with van der Waals surface area (Å²) in [5.41, 5.74) is 0. The van der Waals surface area contributed by atoms with E-state index in [1.807, 2.05) is 0 Å². The lowest BCUT2D eigenvalue weighted by Gasteiger charge is -2.01. The van der Waals surface area contributed by atoms with Crippen LogP contribution in [0.3, 0.4) is 0 Å². The van der Waals surface area contributed by atoms with Gasteiger partial charge in [0.05, 0.1) is 12.5 Å². The minimum Gasteiger partial charge on any atom is -0.339 e. The molecule has 2 aromatic heterocycles. The van der Waals surface area contributed by atoms with Crippen molar-refractivity contribution in [3.8, 4) is 0 Å². The van der Waals surface area contributed by atoms with Crippen molar-refractivity contribution in [2.45, 2.75) is 5.03 Å². The van der Waals surface area contributed by atoms with E-state index in [9.17, 15) is 8.42 Å². The third-order valence-electron chi connectivity index (χ3n) is 1.70. The van der Waals surface area contributed by atoms with E-state index < -0.39 is 10.0 Å². The van der Waals surface area contributed by atoms with Crippen LogP contribution in [0.2, 0.25) is 0 Å². The number of hydrogen-bond donors (Lipinski definition) is 2. The van der Waals surface area contributed by atoms with Gasteiger partial charge < -0.3 is 4.57 Å². The van der Waals surface area contributed by atoms with Crippen LogP contribution in [-0.4, -0.2) is 28.2 Å². The van der Waals surface area contributed by atoms with Crippen molar-refractivity contribution < 1.29 is 8.42 Å². The molecule has 0 fully saturated rings. The fourth-order valence-corrected chi connectivity index (χ4v) is 2.04. The first kappa shape index (κ1) is 9.71. The van der Waals surface area contributed by atoms with Crippen LogP contribution in [-0.2, 0) is 17.1 Å². The Morgan fingerprint density at radius 1 is 1.53 bits per heavy atom. The monoisotopic (exact) mass is 227 g/mol. The summed E-state index contributed by atoms with van der Waals surface area (Å²) < 4.78 is 27.2.